The maximum absolute atomic E-state index is 12.6. The van der Waals surface area contributed by atoms with Crippen molar-refractivity contribution in [3.63, 3.8) is 0 Å². The molecule has 1 aliphatic rings. The fourth-order valence-electron chi connectivity index (χ4n) is 3.27. The van der Waals surface area contributed by atoms with Gasteiger partial charge in [0.1, 0.15) is 0 Å². The van der Waals surface area contributed by atoms with Crippen molar-refractivity contribution in [1.29, 1.82) is 0 Å². The zero-order valence-corrected chi connectivity index (χ0v) is 14.7. The van der Waals surface area contributed by atoms with E-state index in [0.29, 0.717) is 12.8 Å². The van der Waals surface area contributed by atoms with E-state index in [-0.39, 0.29) is 11.9 Å². The van der Waals surface area contributed by atoms with Gasteiger partial charge in [-0.15, -0.1) is 0 Å². The smallest absolute Gasteiger partial charge is 0.224 e. The molecule has 2 rings (SSSR count). The SMILES string of the molecule is CC1=C(C)C[C@@H](C(=O)N[C@@H](C)CCc2ccccc2)[C@H](C(=O)[O-])C1. The minimum absolute atomic E-state index is 0.00687. The zero-order chi connectivity index (χ0) is 17.7. The Bertz CT molecular complexity index is 621. The number of carboxylic acid groups (broad SMARTS) is 1. The number of rotatable bonds is 6. The number of amides is 1. The third kappa shape index (κ3) is 4.70. The van der Waals surface area contributed by atoms with Crippen LogP contribution in [0.3, 0.4) is 0 Å². The zero-order valence-electron chi connectivity index (χ0n) is 14.7. The lowest BCUT2D eigenvalue weighted by Gasteiger charge is -2.33. The Morgan fingerprint density at radius 2 is 1.71 bits per heavy atom. The number of nitrogens with one attached hydrogen (secondary N) is 1. The molecule has 0 radical (unpaired) electrons. The van der Waals surface area contributed by atoms with Gasteiger partial charge in [-0.1, -0.05) is 41.5 Å². The molecule has 24 heavy (non-hydrogen) atoms. The molecule has 130 valence electrons. The molecule has 1 amide bonds. The number of hydrogen-bond donors (Lipinski definition) is 1. The Kier molecular flexibility index (Phi) is 6.18. The fourth-order valence-corrected chi connectivity index (χ4v) is 3.27. The average molecular weight is 328 g/mol. The summed E-state index contributed by atoms with van der Waals surface area (Å²) < 4.78 is 0. The number of aryl methyl sites for hydroxylation is 1. The summed E-state index contributed by atoms with van der Waals surface area (Å²) >= 11 is 0. The van der Waals surface area contributed by atoms with Crippen LogP contribution in [-0.2, 0) is 16.0 Å². The van der Waals surface area contributed by atoms with Gasteiger partial charge in [-0.05, 0) is 52.0 Å². The first-order valence-corrected chi connectivity index (χ1v) is 8.59. The number of hydrogen-bond acceptors (Lipinski definition) is 3. The molecular formula is C20H26NO3-. The van der Waals surface area contributed by atoms with Crippen LogP contribution in [0.5, 0.6) is 0 Å². The Morgan fingerprint density at radius 1 is 1.12 bits per heavy atom. The summed E-state index contributed by atoms with van der Waals surface area (Å²) in [5.41, 5.74) is 3.41. The van der Waals surface area contributed by atoms with Crippen LogP contribution in [0.1, 0.15) is 45.6 Å². The highest BCUT2D eigenvalue weighted by molar-refractivity contribution is 5.85. The van der Waals surface area contributed by atoms with Crippen LogP contribution in [0, 0.1) is 11.8 Å². The summed E-state index contributed by atoms with van der Waals surface area (Å²) in [5.74, 6) is -2.55. The van der Waals surface area contributed by atoms with Gasteiger partial charge in [-0.25, -0.2) is 0 Å². The van der Waals surface area contributed by atoms with Crippen LogP contribution in [0.25, 0.3) is 0 Å². The molecule has 0 spiro atoms. The summed E-state index contributed by atoms with van der Waals surface area (Å²) in [6, 6.07) is 10.1. The molecule has 4 nitrogen and oxygen atoms in total. The average Bonchev–Trinajstić information content (AvgIpc) is 2.55. The van der Waals surface area contributed by atoms with E-state index in [2.05, 4.69) is 17.4 Å². The predicted octanol–water partition coefficient (Wildman–Crippen LogP) is 2.24. The second-order valence-corrected chi connectivity index (χ2v) is 6.93. The molecule has 0 aromatic heterocycles. The molecule has 0 bridgehead atoms. The van der Waals surface area contributed by atoms with Gasteiger partial charge < -0.3 is 15.2 Å². The van der Waals surface area contributed by atoms with Gasteiger partial charge in [0.25, 0.3) is 0 Å². The predicted molar refractivity (Wildman–Crippen MR) is 92.0 cm³/mol. The van der Waals surface area contributed by atoms with E-state index in [1.165, 1.54) is 5.56 Å². The highest BCUT2D eigenvalue weighted by Crippen LogP contribution is 2.34. The molecule has 0 unspecified atom stereocenters. The first-order chi connectivity index (χ1) is 11.4. The van der Waals surface area contributed by atoms with Crippen molar-refractivity contribution in [3.05, 3.63) is 47.0 Å². The molecule has 1 N–H and O–H groups in total. The number of carbonyl (C=O) groups is 2. The van der Waals surface area contributed by atoms with Gasteiger partial charge in [0.05, 0.1) is 0 Å². The summed E-state index contributed by atoms with van der Waals surface area (Å²) in [7, 11) is 0. The monoisotopic (exact) mass is 328 g/mol. The molecular weight excluding hydrogens is 302 g/mol. The van der Waals surface area contributed by atoms with E-state index in [1.807, 2.05) is 39.0 Å². The van der Waals surface area contributed by atoms with Gasteiger partial charge in [0.15, 0.2) is 0 Å². The van der Waals surface area contributed by atoms with E-state index in [4.69, 9.17) is 0 Å². The van der Waals surface area contributed by atoms with E-state index >= 15 is 0 Å². The summed E-state index contributed by atoms with van der Waals surface area (Å²) in [6.07, 6.45) is 2.62. The van der Waals surface area contributed by atoms with Crippen LogP contribution >= 0.6 is 0 Å². The van der Waals surface area contributed by atoms with Crippen LogP contribution in [0.4, 0.5) is 0 Å². The maximum Gasteiger partial charge on any atom is 0.224 e. The standard InChI is InChI=1S/C20H27NO3/c1-13-11-17(18(20(23)24)12-14(13)2)19(22)21-15(3)9-10-16-7-5-4-6-8-16/h4-8,15,17-18H,9-12H2,1-3H3,(H,21,22)(H,23,24)/p-1/t15-,17+,18+/m0/s1. The minimum atomic E-state index is -1.13. The molecule has 0 heterocycles. The van der Waals surface area contributed by atoms with Crippen LogP contribution in [-0.4, -0.2) is 17.9 Å². The third-order valence-corrected chi connectivity index (χ3v) is 5.00. The lowest BCUT2D eigenvalue weighted by molar-refractivity contribution is -0.313. The molecule has 1 aliphatic carbocycles. The topological polar surface area (TPSA) is 69.2 Å². The van der Waals surface area contributed by atoms with Gasteiger partial charge in [0.2, 0.25) is 5.91 Å². The van der Waals surface area contributed by atoms with E-state index in [1.54, 1.807) is 0 Å². The van der Waals surface area contributed by atoms with Crippen molar-refractivity contribution >= 4 is 11.9 Å². The summed E-state index contributed by atoms with van der Waals surface area (Å²) in [6.45, 7) is 5.87. The highest BCUT2D eigenvalue weighted by atomic mass is 16.4. The highest BCUT2D eigenvalue weighted by Gasteiger charge is 2.33. The largest absolute Gasteiger partial charge is 0.550 e. The molecule has 0 aliphatic heterocycles. The number of aliphatic carboxylic acids is 1. The molecule has 0 saturated heterocycles. The first kappa shape index (κ1) is 18.2. The fraction of sp³-hybridized carbons (Fsp3) is 0.500. The molecule has 4 heteroatoms. The second-order valence-electron chi connectivity index (χ2n) is 6.93. The number of carboxylic acids is 1. The van der Waals surface area contributed by atoms with Crippen molar-refractivity contribution in [2.75, 3.05) is 0 Å². The summed E-state index contributed by atoms with van der Waals surface area (Å²) in [4.78, 5) is 24.0. The Hall–Kier alpha value is -2.10. The Morgan fingerprint density at radius 3 is 2.29 bits per heavy atom. The Labute approximate surface area is 144 Å². The van der Waals surface area contributed by atoms with Gasteiger partial charge in [0, 0.05) is 23.8 Å². The van der Waals surface area contributed by atoms with Crippen molar-refractivity contribution < 1.29 is 14.7 Å². The quantitative estimate of drug-likeness (QED) is 0.814. The molecule has 1 aromatic rings. The number of allylic oxidation sites excluding steroid dienone is 2. The molecule has 0 saturated carbocycles. The first-order valence-electron chi connectivity index (χ1n) is 8.59. The normalized spacial score (nSPS) is 22.1. The second kappa shape index (κ2) is 8.13. The van der Waals surface area contributed by atoms with E-state index in [9.17, 15) is 14.7 Å². The molecule has 0 fully saturated rings. The van der Waals surface area contributed by atoms with Gasteiger partial charge >= 0.3 is 0 Å². The van der Waals surface area contributed by atoms with Crippen LogP contribution < -0.4 is 10.4 Å². The molecule has 1 aromatic carbocycles. The summed E-state index contributed by atoms with van der Waals surface area (Å²) in [5, 5.41) is 14.4. The van der Waals surface area contributed by atoms with Crippen molar-refractivity contribution in [2.24, 2.45) is 11.8 Å². The van der Waals surface area contributed by atoms with Crippen molar-refractivity contribution in [2.45, 2.75) is 52.5 Å². The lowest BCUT2D eigenvalue weighted by atomic mass is 9.76. The third-order valence-electron chi connectivity index (χ3n) is 5.00. The van der Waals surface area contributed by atoms with E-state index in [0.717, 1.165) is 24.0 Å². The van der Waals surface area contributed by atoms with Crippen LogP contribution in [0.15, 0.2) is 41.5 Å². The minimum Gasteiger partial charge on any atom is -0.550 e. The van der Waals surface area contributed by atoms with Gasteiger partial charge in [-0.2, -0.15) is 0 Å². The lowest BCUT2D eigenvalue weighted by Crippen LogP contribution is -2.46. The van der Waals surface area contributed by atoms with Gasteiger partial charge in [-0.3, -0.25) is 4.79 Å². The van der Waals surface area contributed by atoms with Crippen molar-refractivity contribution in [3.8, 4) is 0 Å². The van der Waals surface area contributed by atoms with Crippen molar-refractivity contribution in [1.82, 2.24) is 5.32 Å². The Balaban J connectivity index is 1.93. The number of benzene rings is 1. The molecule has 3 atom stereocenters. The van der Waals surface area contributed by atoms with Crippen LogP contribution in [0.2, 0.25) is 0 Å². The van der Waals surface area contributed by atoms with E-state index < -0.39 is 17.8 Å². The number of carbonyl (C=O) groups excluding carboxylic acids is 2. The maximum atomic E-state index is 12.6.